The first-order chi connectivity index (χ1) is 8.29. The topological polar surface area (TPSA) is 74.6 Å². The molecule has 6 nitrogen and oxygen atoms in total. The van der Waals surface area contributed by atoms with Crippen molar-refractivity contribution in [3.8, 4) is 0 Å². The van der Waals surface area contributed by atoms with E-state index in [0.29, 0.717) is 12.4 Å². The quantitative estimate of drug-likeness (QED) is 0.868. The van der Waals surface area contributed by atoms with Crippen molar-refractivity contribution in [1.82, 2.24) is 24.8 Å². The Morgan fingerprint density at radius 1 is 1.33 bits per heavy atom. The normalized spacial score (nSPS) is 12.1. The fourth-order valence-electron chi connectivity index (χ4n) is 2.17. The molecule has 2 aromatic heterocycles. The zero-order valence-electron chi connectivity index (χ0n) is 11.6. The summed E-state index contributed by atoms with van der Waals surface area (Å²) in [6.07, 6.45) is 0. The van der Waals surface area contributed by atoms with Gasteiger partial charge in [-0.3, -0.25) is 4.68 Å². The molecule has 0 saturated carbocycles. The van der Waals surface area contributed by atoms with Crippen LogP contribution in [-0.2, 0) is 19.0 Å². The maximum atomic E-state index is 5.91. The lowest BCUT2D eigenvalue weighted by Crippen LogP contribution is -2.21. The monoisotopic (exact) mass is 248 g/mol. The molecule has 0 aliphatic carbocycles. The van der Waals surface area contributed by atoms with E-state index < -0.39 is 0 Å². The molecule has 0 aromatic carbocycles. The molecular formula is C12H20N6. The van der Waals surface area contributed by atoms with Gasteiger partial charge < -0.3 is 5.73 Å². The molecular weight excluding hydrogens is 228 g/mol. The number of aromatic nitrogens is 5. The Morgan fingerprint density at radius 2 is 2.00 bits per heavy atom. The van der Waals surface area contributed by atoms with Crippen molar-refractivity contribution in [2.24, 2.45) is 7.05 Å². The molecule has 2 heterocycles. The molecule has 0 spiro atoms. The second kappa shape index (κ2) is 4.12. The van der Waals surface area contributed by atoms with Crippen LogP contribution in [0.2, 0.25) is 0 Å². The molecule has 0 bridgehead atoms. The molecule has 0 aliphatic heterocycles. The number of nitrogen functional groups attached to an aromatic ring is 1. The van der Waals surface area contributed by atoms with Crippen LogP contribution in [0.5, 0.6) is 0 Å². The fourth-order valence-corrected chi connectivity index (χ4v) is 2.17. The predicted molar refractivity (Wildman–Crippen MR) is 70.2 cm³/mol. The van der Waals surface area contributed by atoms with Gasteiger partial charge in [0.1, 0.15) is 0 Å². The van der Waals surface area contributed by atoms with Crippen LogP contribution in [0.1, 0.15) is 37.9 Å². The average molecular weight is 248 g/mol. The van der Waals surface area contributed by atoms with E-state index in [4.69, 9.17) is 5.73 Å². The van der Waals surface area contributed by atoms with Crippen LogP contribution in [0, 0.1) is 6.92 Å². The highest BCUT2D eigenvalue weighted by Gasteiger charge is 2.24. The van der Waals surface area contributed by atoms with E-state index in [1.54, 1.807) is 0 Å². The average Bonchev–Trinajstić information content (AvgIpc) is 2.70. The first-order valence-electron chi connectivity index (χ1n) is 5.98. The minimum atomic E-state index is -0.0821. The molecule has 0 unspecified atom stereocenters. The van der Waals surface area contributed by atoms with Crippen molar-refractivity contribution in [2.45, 2.75) is 39.7 Å². The van der Waals surface area contributed by atoms with Gasteiger partial charge in [0.2, 0.25) is 0 Å². The van der Waals surface area contributed by atoms with E-state index in [1.165, 1.54) is 0 Å². The number of hydrogen-bond acceptors (Lipinski definition) is 4. The molecule has 2 aromatic rings. The minimum Gasteiger partial charge on any atom is -0.381 e. The molecule has 0 amide bonds. The molecule has 2 rings (SSSR count). The lowest BCUT2D eigenvalue weighted by Gasteiger charge is -2.20. The largest absolute Gasteiger partial charge is 0.381 e. The highest BCUT2D eigenvalue weighted by atomic mass is 15.5. The van der Waals surface area contributed by atoms with E-state index in [9.17, 15) is 0 Å². The second-order valence-electron chi connectivity index (χ2n) is 5.63. The molecule has 0 aliphatic rings. The first kappa shape index (κ1) is 12.6. The van der Waals surface area contributed by atoms with Crippen LogP contribution in [-0.4, -0.2) is 24.8 Å². The Morgan fingerprint density at radius 3 is 2.50 bits per heavy atom. The molecule has 18 heavy (non-hydrogen) atoms. The van der Waals surface area contributed by atoms with Gasteiger partial charge in [-0.1, -0.05) is 26.0 Å². The molecule has 0 saturated heterocycles. The van der Waals surface area contributed by atoms with Crippen molar-refractivity contribution in [3.63, 3.8) is 0 Å². The van der Waals surface area contributed by atoms with Gasteiger partial charge >= 0.3 is 0 Å². The minimum absolute atomic E-state index is 0.0821. The van der Waals surface area contributed by atoms with Crippen LogP contribution < -0.4 is 5.73 Å². The summed E-state index contributed by atoms with van der Waals surface area (Å²) < 4.78 is 3.71. The molecule has 0 atom stereocenters. The standard InChI is InChI=1S/C12H20N6/c1-8-6-9(17(5)15-8)7-18-10(12(2,3)4)11(13)14-16-18/h6H,7,13H2,1-5H3. The van der Waals surface area contributed by atoms with Crippen molar-refractivity contribution in [3.05, 3.63) is 23.1 Å². The molecule has 6 heteroatoms. The first-order valence-corrected chi connectivity index (χ1v) is 5.98. The Balaban J connectivity index is 2.39. The number of anilines is 1. The smallest absolute Gasteiger partial charge is 0.169 e. The molecule has 98 valence electrons. The Labute approximate surface area is 107 Å². The van der Waals surface area contributed by atoms with Gasteiger partial charge in [-0.15, -0.1) is 5.10 Å². The van der Waals surface area contributed by atoms with Gasteiger partial charge in [-0.25, -0.2) is 4.68 Å². The van der Waals surface area contributed by atoms with Crippen LogP contribution in [0.3, 0.4) is 0 Å². The number of nitrogens with two attached hydrogens (primary N) is 1. The van der Waals surface area contributed by atoms with Crippen LogP contribution in [0.15, 0.2) is 6.07 Å². The summed E-state index contributed by atoms with van der Waals surface area (Å²) in [5.41, 5.74) is 8.87. The summed E-state index contributed by atoms with van der Waals surface area (Å²) in [5.74, 6) is 0.501. The molecule has 2 N–H and O–H groups in total. The van der Waals surface area contributed by atoms with Gasteiger partial charge in [0.25, 0.3) is 0 Å². The summed E-state index contributed by atoms with van der Waals surface area (Å²) in [5, 5.41) is 12.4. The van der Waals surface area contributed by atoms with E-state index in [1.807, 2.05) is 29.4 Å². The van der Waals surface area contributed by atoms with Crippen molar-refractivity contribution < 1.29 is 0 Å². The SMILES string of the molecule is Cc1cc(Cn2nnc(N)c2C(C)(C)C)n(C)n1. The Hall–Kier alpha value is -1.85. The van der Waals surface area contributed by atoms with E-state index in [0.717, 1.165) is 17.1 Å². The van der Waals surface area contributed by atoms with Crippen molar-refractivity contribution in [2.75, 3.05) is 5.73 Å². The number of nitrogens with zero attached hydrogens (tertiary/aromatic N) is 5. The highest BCUT2D eigenvalue weighted by Crippen LogP contribution is 2.26. The fraction of sp³-hybridized carbons (Fsp3) is 0.583. The van der Waals surface area contributed by atoms with Gasteiger partial charge in [0.05, 0.1) is 23.6 Å². The number of aryl methyl sites for hydroxylation is 2. The molecule has 0 radical (unpaired) electrons. The summed E-state index contributed by atoms with van der Waals surface area (Å²) >= 11 is 0. The third-order valence-electron chi connectivity index (χ3n) is 2.88. The number of rotatable bonds is 2. The van der Waals surface area contributed by atoms with Crippen LogP contribution in [0.25, 0.3) is 0 Å². The third kappa shape index (κ3) is 2.23. The van der Waals surface area contributed by atoms with Gasteiger partial charge in [-0.2, -0.15) is 5.10 Å². The van der Waals surface area contributed by atoms with E-state index in [-0.39, 0.29) is 5.41 Å². The zero-order chi connectivity index (χ0) is 13.5. The summed E-state index contributed by atoms with van der Waals surface area (Å²) in [6.45, 7) is 8.92. The van der Waals surface area contributed by atoms with Gasteiger partial charge in [0, 0.05) is 12.5 Å². The summed E-state index contributed by atoms with van der Waals surface area (Å²) in [7, 11) is 1.93. The van der Waals surface area contributed by atoms with Gasteiger partial charge in [-0.05, 0) is 13.0 Å². The summed E-state index contributed by atoms with van der Waals surface area (Å²) in [6, 6.07) is 2.05. The van der Waals surface area contributed by atoms with Crippen LogP contribution in [0.4, 0.5) is 5.82 Å². The zero-order valence-corrected chi connectivity index (χ0v) is 11.6. The van der Waals surface area contributed by atoms with E-state index >= 15 is 0 Å². The maximum Gasteiger partial charge on any atom is 0.169 e. The third-order valence-corrected chi connectivity index (χ3v) is 2.88. The lowest BCUT2D eigenvalue weighted by molar-refractivity contribution is 0.492. The predicted octanol–water partition coefficient (Wildman–Crippen LogP) is 1.25. The number of hydrogen-bond donors (Lipinski definition) is 1. The van der Waals surface area contributed by atoms with Gasteiger partial charge in [0.15, 0.2) is 5.82 Å². The van der Waals surface area contributed by atoms with E-state index in [2.05, 4.69) is 36.2 Å². The Bertz CT molecular complexity index is 558. The molecule has 0 fully saturated rings. The second-order valence-corrected chi connectivity index (χ2v) is 5.63. The van der Waals surface area contributed by atoms with Crippen molar-refractivity contribution in [1.29, 1.82) is 0 Å². The lowest BCUT2D eigenvalue weighted by atomic mass is 9.92. The summed E-state index contributed by atoms with van der Waals surface area (Å²) in [4.78, 5) is 0. The Kier molecular flexibility index (Phi) is 2.88. The van der Waals surface area contributed by atoms with Crippen LogP contribution >= 0.6 is 0 Å². The maximum absolute atomic E-state index is 5.91. The highest BCUT2D eigenvalue weighted by molar-refractivity contribution is 5.38. The van der Waals surface area contributed by atoms with Crippen molar-refractivity contribution >= 4 is 5.82 Å².